The highest BCUT2D eigenvalue weighted by molar-refractivity contribution is 5.64. The third-order valence-electron chi connectivity index (χ3n) is 2.82. The molecule has 1 heterocycles. The van der Waals surface area contributed by atoms with E-state index in [1.165, 1.54) is 11.1 Å². The minimum Gasteiger partial charge on any atom is -0.394 e. The Balaban J connectivity index is 2.25. The average Bonchev–Trinajstić information content (AvgIpc) is 2.36. The van der Waals surface area contributed by atoms with E-state index >= 15 is 0 Å². The lowest BCUT2D eigenvalue weighted by atomic mass is 10.1. The van der Waals surface area contributed by atoms with Crippen LogP contribution in [0.2, 0.25) is 0 Å². The van der Waals surface area contributed by atoms with Gasteiger partial charge in [-0.25, -0.2) is 4.98 Å². The summed E-state index contributed by atoms with van der Waals surface area (Å²) in [6.45, 7) is 4.15. The number of anilines is 4. The van der Waals surface area contributed by atoms with Gasteiger partial charge < -0.3 is 16.4 Å². The van der Waals surface area contributed by atoms with Crippen molar-refractivity contribution >= 4 is 23.1 Å². The molecule has 0 bridgehead atoms. The molecule has 2 aromatic rings. The molecule has 0 amide bonds. The second-order valence-corrected chi connectivity index (χ2v) is 4.17. The van der Waals surface area contributed by atoms with Crippen molar-refractivity contribution in [1.29, 1.82) is 0 Å². The Morgan fingerprint density at radius 1 is 1.17 bits per heavy atom. The van der Waals surface area contributed by atoms with Crippen LogP contribution in [0.15, 0.2) is 24.4 Å². The summed E-state index contributed by atoms with van der Waals surface area (Å²) in [6, 6.07) is 6.13. The molecule has 0 fully saturated rings. The summed E-state index contributed by atoms with van der Waals surface area (Å²) in [5, 5.41) is 6.08. The van der Waals surface area contributed by atoms with E-state index in [9.17, 15) is 0 Å². The van der Waals surface area contributed by atoms with Crippen LogP contribution in [0, 0.1) is 13.8 Å². The summed E-state index contributed by atoms with van der Waals surface area (Å²) in [6.07, 6.45) is 1.59. The maximum absolute atomic E-state index is 5.72. The van der Waals surface area contributed by atoms with E-state index in [1.807, 2.05) is 6.07 Å². The molecule has 0 radical (unpaired) electrons. The Labute approximate surface area is 106 Å². The smallest absolute Gasteiger partial charge is 0.229 e. The lowest BCUT2D eigenvalue weighted by molar-refractivity contribution is 1.16. The van der Waals surface area contributed by atoms with Crippen molar-refractivity contribution in [3.63, 3.8) is 0 Å². The fraction of sp³-hybridized carbons (Fsp3) is 0.231. The number of aryl methyl sites for hydroxylation is 2. The zero-order chi connectivity index (χ0) is 13.1. The quantitative estimate of drug-likeness (QED) is 0.772. The van der Waals surface area contributed by atoms with Crippen molar-refractivity contribution in [3.05, 3.63) is 35.5 Å². The molecule has 1 aromatic heterocycles. The topological polar surface area (TPSA) is 75.9 Å². The van der Waals surface area contributed by atoms with Gasteiger partial charge in [-0.15, -0.1) is 0 Å². The van der Waals surface area contributed by atoms with Gasteiger partial charge in [-0.3, -0.25) is 0 Å². The van der Waals surface area contributed by atoms with Crippen LogP contribution in [0.4, 0.5) is 23.1 Å². The van der Waals surface area contributed by atoms with Gasteiger partial charge in [0.2, 0.25) is 5.95 Å². The van der Waals surface area contributed by atoms with Crippen LogP contribution in [0.1, 0.15) is 11.1 Å². The maximum atomic E-state index is 5.72. The number of hydrogen-bond acceptors (Lipinski definition) is 5. The van der Waals surface area contributed by atoms with Gasteiger partial charge in [-0.1, -0.05) is 6.07 Å². The highest BCUT2D eigenvalue weighted by Gasteiger charge is 2.03. The summed E-state index contributed by atoms with van der Waals surface area (Å²) >= 11 is 0. The number of nitrogen functional groups attached to an aromatic ring is 1. The molecule has 0 aliphatic carbocycles. The van der Waals surface area contributed by atoms with Crippen LogP contribution < -0.4 is 16.4 Å². The Bertz CT molecular complexity index is 565. The van der Waals surface area contributed by atoms with E-state index in [-0.39, 0.29) is 0 Å². The third-order valence-corrected chi connectivity index (χ3v) is 2.82. The molecule has 0 saturated carbocycles. The fourth-order valence-corrected chi connectivity index (χ4v) is 1.60. The van der Waals surface area contributed by atoms with Crippen LogP contribution >= 0.6 is 0 Å². The Morgan fingerprint density at radius 2 is 1.94 bits per heavy atom. The molecule has 4 N–H and O–H groups in total. The van der Waals surface area contributed by atoms with Crippen LogP contribution in [0.3, 0.4) is 0 Å². The minimum absolute atomic E-state index is 0.525. The van der Waals surface area contributed by atoms with Crippen molar-refractivity contribution < 1.29 is 0 Å². The van der Waals surface area contributed by atoms with Gasteiger partial charge in [0, 0.05) is 12.7 Å². The van der Waals surface area contributed by atoms with Crippen LogP contribution in [-0.2, 0) is 0 Å². The maximum Gasteiger partial charge on any atom is 0.229 e. The minimum atomic E-state index is 0.525. The van der Waals surface area contributed by atoms with E-state index in [2.05, 4.69) is 46.6 Å². The van der Waals surface area contributed by atoms with Gasteiger partial charge in [0.15, 0.2) is 5.82 Å². The van der Waals surface area contributed by atoms with E-state index < -0.39 is 0 Å². The largest absolute Gasteiger partial charge is 0.394 e. The number of rotatable bonds is 3. The van der Waals surface area contributed by atoms with Crippen molar-refractivity contribution in [3.8, 4) is 0 Å². The number of nitrogens with two attached hydrogens (primary N) is 1. The SMILES string of the molecule is CNc1nc(Nc2ccc(C)c(C)c2)ncc1N. The second kappa shape index (κ2) is 4.91. The Kier molecular flexibility index (Phi) is 3.32. The normalized spacial score (nSPS) is 10.2. The van der Waals surface area contributed by atoms with Gasteiger partial charge in [0.25, 0.3) is 0 Å². The predicted molar refractivity (Wildman–Crippen MR) is 75.2 cm³/mol. The van der Waals surface area contributed by atoms with Crippen molar-refractivity contribution in [2.75, 3.05) is 23.4 Å². The first-order valence-corrected chi connectivity index (χ1v) is 5.74. The number of benzene rings is 1. The summed E-state index contributed by atoms with van der Waals surface area (Å²) in [7, 11) is 1.78. The monoisotopic (exact) mass is 243 g/mol. The zero-order valence-corrected chi connectivity index (χ0v) is 10.8. The van der Waals surface area contributed by atoms with E-state index in [0.29, 0.717) is 17.5 Å². The predicted octanol–water partition coefficient (Wildman–Crippen LogP) is 2.46. The molecule has 94 valence electrons. The number of nitrogens with one attached hydrogen (secondary N) is 2. The molecule has 0 unspecified atom stereocenters. The van der Waals surface area contributed by atoms with Gasteiger partial charge >= 0.3 is 0 Å². The van der Waals surface area contributed by atoms with E-state index in [1.54, 1.807) is 13.2 Å². The standard InChI is InChI=1S/C13H17N5/c1-8-4-5-10(6-9(8)2)17-13-16-7-11(14)12(15-3)18-13/h4-7H,14H2,1-3H3,(H2,15,16,17,18). The average molecular weight is 243 g/mol. The van der Waals surface area contributed by atoms with Gasteiger partial charge in [0.1, 0.15) is 0 Å². The summed E-state index contributed by atoms with van der Waals surface area (Å²) in [5.74, 6) is 1.15. The Hall–Kier alpha value is -2.30. The molecule has 5 heteroatoms. The molecule has 0 spiro atoms. The van der Waals surface area contributed by atoms with Gasteiger partial charge in [0.05, 0.1) is 11.9 Å². The molecule has 0 saturated heterocycles. The van der Waals surface area contributed by atoms with E-state index in [4.69, 9.17) is 5.73 Å². The fourth-order valence-electron chi connectivity index (χ4n) is 1.60. The molecule has 5 nitrogen and oxygen atoms in total. The molecule has 0 aliphatic heterocycles. The van der Waals surface area contributed by atoms with Gasteiger partial charge in [-0.2, -0.15) is 4.98 Å². The van der Waals surface area contributed by atoms with Crippen molar-refractivity contribution in [2.24, 2.45) is 0 Å². The second-order valence-electron chi connectivity index (χ2n) is 4.17. The highest BCUT2D eigenvalue weighted by Crippen LogP contribution is 2.20. The van der Waals surface area contributed by atoms with Gasteiger partial charge in [-0.05, 0) is 37.1 Å². The molecule has 18 heavy (non-hydrogen) atoms. The first-order valence-electron chi connectivity index (χ1n) is 5.74. The lowest BCUT2D eigenvalue weighted by Gasteiger charge is -2.09. The zero-order valence-electron chi connectivity index (χ0n) is 10.8. The van der Waals surface area contributed by atoms with Crippen LogP contribution in [-0.4, -0.2) is 17.0 Å². The first kappa shape index (κ1) is 12.2. The van der Waals surface area contributed by atoms with Crippen LogP contribution in [0.25, 0.3) is 0 Å². The number of aromatic nitrogens is 2. The molecular weight excluding hydrogens is 226 g/mol. The summed E-state index contributed by atoms with van der Waals surface area (Å²) < 4.78 is 0. The lowest BCUT2D eigenvalue weighted by Crippen LogP contribution is -2.04. The summed E-state index contributed by atoms with van der Waals surface area (Å²) in [4.78, 5) is 8.43. The molecule has 0 atom stereocenters. The number of nitrogens with zero attached hydrogens (tertiary/aromatic N) is 2. The summed E-state index contributed by atoms with van der Waals surface area (Å²) in [5.41, 5.74) is 9.70. The van der Waals surface area contributed by atoms with Crippen molar-refractivity contribution in [2.45, 2.75) is 13.8 Å². The molecule has 1 aromatic carbocycles. The van der Waals surface area contributed by atoms with Crippen molar-refractivity contribution in [1.82, 2.24) is 9.97 Å². The first-order chi connectivity index (χ1) is 8.60. The number of hydrogen-bond donors (Lipinski definition) is 3. The third kappa shape index (κ3) is 2.51. The molecule has 0 aliphatic rings. The Morgan fingerprint density at radius 3 is 2.61 bits per heavy atom. The van der Waals surface area contributed by atoms with E-state index in [0.717, 1.165) is 5.69 Å². The molecular formula is C13H17N5. The highest BCUT2D eigenvalue weighted by atomic mass is 15.1. The van der Waals surface area contributed by atoms with Crippen LogP contribution in [0.5, 0.6) is 0 Å². The molecule has 2 rings (SSSR count).